The Kier molecular flexibility index (Phi) is 3.83. The van der Waals surface area contributed by atoms with Gasteiger partial charge in [-0.1, -0.05) is 20.3 Å². The molecule has 3 atom stereocenters. The van der Waals surface area contributed by atoms with Gasteiger partial charge >= 0.3 is 0 Å². The summed E-state index contributed by atoms with van der Waals surface area (Å²) in [5.74, 6) is 0.705. The standard InChI is InChI=1S/C17H30N2O/c1-4-19(14-10-12-7-8-13(11-14)18-12)16(20)15-6-5-9-17(15,2)3/h12-15,18H,4-11H2,1-3H3. The van der Waals surface area contributed by atoms with E-state index in [0.717, 1.165) is 13.0 Å². The van der Waals surface area contributed by atoms with E-state index in [0.29, 0.717) is 24.0 Å². The third-order valence-corrected chi connectivity index (χ3v) is 6.07. The number of fused-ring (bicyclic) bond motifs is 2. The zero-order valence-electron chi connectivity index (χ0n) is 13.3. The first kappa shape index (κ1) is 14.4. The number of nitrogens with one attached hydrogen (secondary N) is 1. The van der Waals surface area contributed by atoms with Gasteiger partial charge in [-0.3, -0.25) is 4.79 Å². The van der Waals surface area contributed by atoms with Gasteiger partial charge in [-0.05, 0) is 50.9 Å². The van der Waals surface area contributed by atoms with Crippen LogP contribution in [0.15, 0.2) is 0 Å². The van der Waals surface area contributed by atoms with Gasteiger partial charge < -0.3 is 10.2 Å². The van der Waals surface area contributed by atoms with Gasteiger partial charge in [-0.25, -0.2) is 0 Å². The van der Waals surface area contributed by atoms with Crippen molar-refractivity contribution in [3.63, 3.8) is 0 Å². The van der Waals surface area contributed by atoms with Crippen molar-refractivity contribution in [2.45, 2.75) is 83.8 Å². The maximum atomic E-state index is 13.0. The van der Waals surface area contributed by atoms with E-state index in [1.165, 1.54) is 38.5 Å². The first-order valence-electron chi connectivity index (χ1n) is 8.58. The molecule has 3 rings (SSSR count). The highest BCUT2D eigenvalue weighted by Crippen LogP contribution is 2.44. The van der Waals surface area contributed by atoms with Crippen molar-refractivity contribution in [1.82, 2.24) is 10.2 Å². The van der Waals surface area contributed by atoms with Crippen molar-refractivity contribution in [2.24, 2.45) is 11.3 Å². The van der Waals surface area contributed by atoms with E-state index < -0.39 is 0 Å². The van der Waals surface area contributed by atoms with Crippen molar-refractivity contribution in [3.05, 3.63) is 0 Å². The lowest BCUT2D eigenvalue weighted by Crippen LogP contribution is -2.52. The molecule has 0 aromatic rings. The molecule has 2 bridgehead atoms. The van der Waals surface area contributed by atoms with Crippen LogP contribution in [0.1, 0.15) is 65.7 Å². The predicted molar refractivity (Wildman–Crippen MR) is 81.5 cm³/mol. The quantitative estimate of drug-likeness (QED) is 0.861. The lowest BCUT2D eigenvalue weighted by Gasteiger charge is -2.40. The maximum absolute atomic E-state index is 13.0. The van der Waals surface area contributed by atoms with Crippen molar-refractivity contribution >= 4 is 5.91 Å². The molecule has 2 saturated heterocycles. The fraction of sp³-hybridized carbons (Fsp3) is 0.941. The number of nitrogens with zero attached hydrogens (tertiary/aromatic N) is 1. The number of carbonyl (C=O) groups is 1. The van der Waals surface area contributed by atoms with Crippen LogP contribution < -0.4 is 5.32 Å². The number of rotatable bonds is 3. The van der Waals surface area contributed by atoms with Gasteiger partial charge in [-0.2, -0.15) is 0 Å². The average molecular weight is 278 g/mol. The Morgan fingerprint density at radius 3 is 2.35 bits per heavy atom. The van der Waals surface area contributed by atoms with Crippen LogP contribution in [0.3, 0.4) is 0 Å². The second-order valence-electron chi connectivity index (χ2n) is 7.82. The molecule has 0 spiro atoms. The van der Waals surface area contributed by atoms with E-state index in [1.54, 1.807) is 0 Å². The normalized spacial score (nSPS) is 39.0. The van der Waals surface area contributed by atoms with Crippen LogP contribution in [-0.4, -0.2) is 35.5 Å². The fourth-order valence-electron chi connectivity index (χ4n) is 4.86. The second-order valence-corrected chi connectivity index (χ2v) is 7.82. The average Bonchev–Trinajstić information content (AvgIpc) is 2.92. The molecule has 1 saturated carbocycles. The summed E-state index contributed by atoms with van der Waals surface area (Å²) in [4.78, 5) is 15.3. The van der Waals surface area contributed by atoms with E-state index in [-0.39, 0.29) is 11.3 Å². The lowest BCUT2D eigenvalue weighted by atomic mass is 9.80. The van der Waals surface area contributed by atoms with Crippen molar-refractivity contribution in [1.29, 1.82) is 0 Å². The van der Waals surface area contributed by atoms with Gasteiger partial charge in [0.15, 0.2) is 0 Å². The molecule has 3 aliphatic rings. The van der Waals surface area contributed by atoms with Crippen LogP contribution in [-0.2, 0) is 4.79 Å². The fourth-order valence-corrected chi connectivity index (χ4v) is 4.86. The van der Waals surface area contributed by atoms with E-state index in [1.807, 2.05) is 0 Å². The van der Waals surface area contributed by atoms with Gasteiger partial charge in [0.25, 0.3) is 0 Å². The molecule has 3 heteroatoms. The van der Waals surface area contributed by atoms with Crippen molar-refractivity contribution < 1.29 is 4.79 Å². The highest BCUT2D eigenvalue weighted by Gasteiger charge is 2.44. The summed E-state index contributed by atoms with van der Waals surface area (Å²) in [6, 6.07) is 1.82. The smallest absolute Gasteiger partial charge is 0.226 e. The summed E-state index contributed by atoms with van der Waals surface area (Å²) in [5.41, 5.74) is 0.205. The highest BCUT2D eigenvalue weighted by atomic mass is 16.2. The minimum atomic E-state index is 0.205. The molecule has 2 heterocycles. The molecule has 1 aliphatic carbocycles. The largest absolute Gasteiger partial charge is 0.340 e. The molecule has 0 aromatic heterocycles. The van der Waals surface area contributed by atoms with Crippen molar-refractivity contribution in [2.75, 3.05) is 6.54 Å². The molecule has 3 fully saturated rings. The van der Waals surface area contributed by atoms with Gasteiger partial charge in [0, 0.05) is 30.6 Å². The van der Waals surface area contributed by atoms with Gasteiger partial charge in [0.05, 0.1) is 0 Å². The number of hydrogen-bond acceptors (Lipinski definition) is 2. The maximum Gasteiger partial charge on any atom is 0.226 e. The summed E-state index contributed by atoms with van der Waals surface area (Å²) < 4.78 is 0. The molecule has 3 nitrogen and oxygen atoms in total. The molecule has 114 valence electrons. The van der Waals surface area contributed by atoms with Gasteiger partial charge in [0.1, 0.15) is 0 Å². The Hall–Kier alpha value is -0.570. The summed E-state index contributed by atoms with van der Waals surface area (Å²) in [6.07, 6.45) is 8.48. The van der Waals surface area contributed by atoms with Crippen molar-refractivity contribution in [3.8, 4) is 0 Å². The van der Waals surface area contributed by atoms with E-state index in [9.17, 15) is 4.79 Å². The summed E-state index contributed by atoms with van der Waals surface area (Å²) in [7, 11) is 0. The zero-order valence-corrected chi connectivity index (χ0v) is 13.3. The molecular weight excluding hydrogens is 248 g/mol. The third-order valence-electron chi connectivity index (χ3n) is 6.07. The zero-order chi connectivity index (χ0) is 14.3. The van der Waals surface area contributed by atoms with Gasteiger partial charge in [0.2, 0.25) is 5.91 Å². The van der Waals surface area contributed by atoms with E-state index in [4.69, 9.17) is 0 Å². The van der Waals surface area contributed by atoms with Crippen LogP contribution >= 0.6 is 0 Å². The Balaban J connectivity index is 1.71. The first-order chi connectivity index (χ1) is 9.51. The SMILES string of the molecule is CCN(C(=O)C1CCCC1(C)C)C1CC2CCC(C1)N2. The number of piperidine rings is 1. The number of hydrogen-bond donors (Lipinski definition) is 1. The predicted octanol–water partition coefficient (Wildman–Crippen LogP) is 2.94. The van der Waals surface area contributed by atoms with Crippen LogP contribution in [0.2, 0.25) is 0 Å². The Morgan fingerprint density at radius 2 is 1.85 bits per heavy atom. The minimum absolute atomic E-state index is 0.205. The molecule has 20 heavy (non-hydrogen) atoms. The molecular formula is C17H30N2O. The number of carbonyl (C=O) groups excluding carboxylic acids is 1. The topological polar surface area (TPSA) is 32.3 Å². The Morgan fingerprint density at radius 1 is 1.20 bits per heavy atom. The minimum Gasteiger partial charge on any atom is -0.340 e. The monoisotopic (exact) mass is 278 g/mol. The van der Waals surface area contributed by atoms with E-state index >= 15 is 0 Å². The Bertz CT molecular complexity index is 367. The van der Waals surface area contributed by atoms with Crippen LogP contribution in [0.5, 0.6) is 0 Å². The molecule has 1 amide bonds. The summed E-state index contributed by atoms with van der Waals surface area (Å²) in [6.45, 7) is 7.60. The molecule has 2 aliphatic heterocycles. The summed E-state index contributed by atoms with van der Waals surface area (Å²) in [5, 5.41) is 3.69. The lowest BCUT2D eigenvalue weighted by molar-refractivity contribution is -0.141. The Labute approximate surface area is 123 Å². The molecule has 3 unspecified atom stereocenters. The third kappa shape index (κ3) is 2.49. The molecule has 1 N–H and O–H groups in total. The second kappa shape index (κ2) is 5.32. The first-order valence-corrected chi connectivity index (χ1v) is 8.58. The molecule has 0 radical (unpaired) electrons. The van der Waals surface area contributed by atoms with Crippen LogP contribution in [0, 0.1) is 11.3 Å². The van der Waals surface area contributed by atoms with Gasteiger partial charge in [-0.15, -0.1) is 0 Å². The van der Waals surface area contributed by atoms with Crippen LogP contribution in [0.25, 0.3) is 0 Å². The number of amides is 1. The summed E-state index contributed by atoms with van der Waals surface area (Å²) >= 11 is 0. The van der Waals surface area contributed by atoms with Crippen LogP contribution in [0.4, 0.5) is 0 Å². The van der Waals surface area contributed by atoms with E-state index in [2.05, 4.69) is 31.0 Å². The highest BCUT2D eigenvalue weighted by molar-refractivity contribution is 5.80. The molecule has 0 aromatic carbocycles.